The molecule has 112 valence electrons. The number of hydrogen-bond acceptors (Lipinski definition) is 3. The van der Waals surface area contributed by atoms with Crippen LogP contribution in [0.2, 0.25) is 0 Å². The van der Waals surface area contributed by atoms with Crippen molar-refractivity contribution in [2.24, 2.45) is 5.73 Å². The quantitative estimate of drug-likeness (QED) is 0.708. The highest BCUT2D eigenvalue weighted by molar-refractivity contribution is 5.75. The molecule has 2 aliphatic rings. The molecule has 0 spiro atoms. The van der Waals surface area contributed by atoms with Gasteiger partial charge in [-0.3, -0.25) is 0 Å². The molecule has 2 aromatic carbocycles. The molecule has 1 aliphatic carbocycles. The lowest BCUT2D eigenvalue weighted by atomic mass is 9.84. The molecule has 0 saturated heterocycles. The third-order valence-corrected chi connectivity index (χ3v) is 4.72. The van der Waals surface area contributed by atoms with Crippen molar-refractivity contribution in [1.29, 1.82) is 0 Å². The van der Waals surface area contributed by atoms with Crippen LogP contribution in [0.5, 0.6) is 0 Å². The molecular formula is C18H18FN3. The number of nitrogens with one attached hydrogen (secondary N) is 1. The van der Waals surface area contributed by atoms with Crippen LogP contribution in [0, 0.1) is 5.82 Å². The lowest BCUT2D eigenvalue weighted by Gasteiger charge is -2.38. The zero-order valence-corrected chi connectivity index (χ0v) is 12.1. The Morgan fingerprint density at radius 2 is 2.05 bits per heavy atom. The van der Waals surface area contributed by atoms with Crippen LogP contribution in [-0.4, -0.2) is 5.66 Å². The van der Waals surface area contributed by atoms with Crippen LogP contribution >= 0.6 is 0 Å². The summed E-state index contributed by atoms with van der Waals surface area (Å²) < 4.78 is 13.4. The highest BCUT2D eigenvalue weighted by Gasteiger charge is 2.39. The summed E-state index contributed by atoms with van der Waals surface area (Å²) >= 11 is 0. The van der Waals surface area contributed by atoms with Gasteiger partial charge in [-0.25, -0.2) is 4.39 Å². The maximum atomic E-state index is 13.4. The summed E-state index contributed by atoms with van der Waals surface area (Å²) in [4.78, 5) is 0. The van der Waals surface area contributed by atoms with Gasteiger partial charge in [0.2, 0.25) is 0 Å². The van der Waals surface area contributed by atoms with E-state index in [2.05, 4.69) is 5.32 Å². The molecule has 5 N–H and O–H groups in total. The van der Waals surface area contributed by atoms with E-state index in [1.54, 1.807) is 6.07 Å². The molecule has 0 aromatic heterocycles. The topological polar surface area (TPSA) is 64.1 Å². The molecule has 0 bridgehead atoms. The van der Waals surface area contributed by atoms with Crippen LogP contribution in [-0.2, 0) is 6.42 Å². The van der Waals surface area contributed by atoms with Gasteiger partial charge >= 0.3 is 0 Å². The van der Waals surface area contributed by atoms with Crippen LogP contribution in [0.1, 0.15) is 29.0 Å². The first-order chi connectivity index (χ1) is 10.5. The number of nitrogen functional groups attached to an aromatic ring is 1. The molecule has 0 amide bonds. The minimum absolute atomic E-state index is 0.130. The molecule has 2 aromatic rings. The molecule has 2 unspecified atom stereocenters. The third-order valence-electron chi connectivity index (χ3n) is 4.72. The standard InChI is InChI=1S/C18H18FN3/c19-13-2-4-15-11(9-13)1-5-16(15)18(21)8-7-12-10-14(20)3-6-17(12)22-18/h2-4,6-10,16,22H,1,5,20-21H2. The number of hydrogen-bond donors (Lipinski definition) is 3. The Bertz CT molecular complexity index is 784. The van der Waals surface area contributed by atoms with Gasteiger partial charge in [-0.05, 0) is 65.9 Å². The van der Waals surface area contributed by atoms with Gasteiger partial charge in [-0.15, -0.1) is 0 Å². The van der Waals surface area contributed by atoms with E-state index >= 15 is 0 Å². The zero-order chi connectivity index (χ0) is 15.3. The fraction of sp³-hybridized carbons (Fsp3) is 0.222. The van der Waals surface area contributed by atoms with Crippen LogP contribution in [0.4, 0.5) is 15.8 Å². The van der Waals surface area contributed by atoms with Gasteiger partial charge in [0.15, 0.2) is 0 Å². The first-order valence-electron chi connectivity index (χ1n) is 7.49. The fourth-order valence-electron chi connectivity index (χ4n) is 3.62. The Balaban J connectivity index is 1.72. The summed E-state index contributed by atoms with van der Waals surface area (Å²) in [5.74, 6) is -0.0523. The van der Waals surface area contributed by atoms with Crippen molar-refractivity contribution in [3.8, 4) is 0 Å². The van der Waals surface area contributed by atoms with Crippen LogP contribution in [0.15, 0.2) is 42.5 Å². The number of benzene rings is 2. The van der Waals surface area contributed by atoms with Gasteiger partial charge in [0, 0.05) is 17.3 Å². The van der Waals surface area contributed by atoms with Crippen molar-refractivity contribution < 1.29 is 4.39 Å². The number of fused-ring (bicyclic) bond motifs is 2. The van der Waals surface area contributed by atoms with Crippen molar-refractivity contribution in [2.75, 3.05) is 11.1 Å². The minimum Gasteiger partial charge on any atom is -0.399 e. The minimum atomic E-state index is -0.661. The number of halogens is 1. The third kappa shape index (κ3) is 1.99. The predicted molar refractivity (Wildman–Crippen MR) is 87.9 cm³/mol. The molecule has 4 heteroatoms. The van der Waals surface area contributed by atoms with E-state index in [-0.39, 0.29) is 11.7 Å². The largest absolute Gasteiger partial charge is 0.399 e. The summed E-state index contributed by atoms with van der Waals surface area (Å²) in [6, 6.07) is 10.8. The smallest absolute Gasteiger partial charge is 0.123 e. The molecule has 0 radical (unpaired) electrons. The Kier molecular flexibility index (Phi) is 2.78. The second-order valence-electron chi connectivity index (χ2n) is 6.17. The Labute approximate surface area is 128 Å². The Hall–Kier alpha value is -2.33. The second kappa shape index (κ2) is 4.58. The number of rotatable bonds is 1. The van der Waals surface area contributed by atoms with Gasteiger partial charge in [0.25, 0.3) is 0 Å². The molecule has 0 fully saturated rings. The molecule has 0 saturated carbocycles. The van der Waals surface area contributed by atoms with Crippen LogP contribution < -0.4 is 16.8 Å². The maximum Gasteiger partial charge on any atom is 0.123 e. The van der Waals surface area contributed by atoms with Gasteiger partial charge in [0.1, 0.15) is 11.5 Å². The summed E-state index contributed by atoms with van der Waals surface area (Å²) in [5.41, 5.74) is 16.8. The van der Waals surface area contributed by atoms with Gasteiger partial charge in [-0.2, -0.15) is 0 Å². The lowest BCUT2D eigenvalue weighted by molar-refractivity contribution is 0.468. The summed E-state index contributed by atoms with van der Waals surface area (Å²) in [6.07, 6.45) is 5.79. The van der Waals surface area contributed by atoms with E-state index in [4.69, 9.17) is 11.5 Å². The van der Waals surface area contributed by atoms with Crippen LogP contribution in [0.3, 0.4) is 0 Å². The molecule has 1 heterocycles. The van der Waals surface area contributed by atoms with Crippen molar-refractivity contribution in [3.05, 3.63) is 65.0 Å². The normalized spacial score (nSPS) is 25.5. The van der Waals surface area contributed by atoms with Crippen molar-refractivity contribution in [3.63, 3.8) is 0 Å². The van der Waals surface area contributed by atoms with E-state index in [9.17, 15) is 4.39 Å². The molecule has 1 aliphatic heterocycles. The highest BCUT2D eigenvalue weighted by atomic mass is 19.1. The molecule has 2 atom stereocenters. The Morgan fingerprint density at radius 1 is 1.18 bits per heavy atom. The van der Waals surface area contributed by atoms with Crippen LogP contribution in [0.25, 0.3) is 6.08 Å². The van der Waals surface area contributed by atoms with Crippen molar-refractivity contribution in [2.45, 2.75) is 24.4 Å². The zero-order valence-electron chi connectivity index (χ0n) is 12.1. The van der Waals surface area contributed by atoms with Gasteiger partial charge in [-0.1, -0.05) is 12.1 Å². The number of nitrogens with two attached hydrogens (primary N) is 2. The summed E-state index contributed by atoms with van der Waals surface area (Å²) in [5, 5.41) is 3.44. The Morgan fingerprint density at radius 3 is 2.91 bits per heavy atom. The fourth-order valence-corrected chi connectivity index (χ4v) is 3.62. The molecule has 22 heavy (non-hydrogen) atoms. The van der Waals surface area contributed by atoms with Gasteiger partial charge in [0.05, 0.1) is 0 Å². The van der Waals surface area contributed by atoms with E-state index in [1.165, 1.54) is 6.07 Å². The molecule has 3 nitrogen and oxygen atoms in total. The predicted octanol–water partition coefficient (Wildman–Crippen LogP) is 3.23. The average Bonchev–Trinajstić information content (AvgIpc) is 2.91. The molecule has 4 rings (SSSR count). The van der Waals surface area contributed by atoms with Gasteiger partial charge < -0.3 is 16.8 Å². The first-order valence-corrected chi connectivity index (χ1v) is 7.49. The van der Waals surface area contributed by atoms with E-state index in [0.717, 1.165) is 40.9 Å². The number of anilines is 2. The maximum absolute atomic E-state index is 13.4. The van der Waals surface area contributed by atoms with E-state index in [1.807, 2.05) is 36.4 Å². The van der Waals surface area contributed by atoms with E-state index in [0.29, 0.717) is 0 Å². The average molecular weight is 295 g/mol. The SMILES string of the molecule is Nc1ccc2c(c1)C=CC(N)(C1CCc3cc(F)ccc31)N2. The second-order valence-corrected chi connectivity index (χ2v) is 6.17. The first kappa shape index (κ1) is 13.3. The summed E-state index contributed by atoms with van der Waals surface area (Å²) in [7, 11) is 0. The highest BCUT2D eigenvalue weighted by Crippen LogP contribution is 2.43. The number of aryl methyl sites for hydroxylation is 1. The lowest BCUT2D eigenvalue weighted by Crippen LogP contribution is -2.51. The van der Waals surface area contributed by atoms with E-state index < -0.39 is 5.66 Å². The monoisotopic (exact) mass is 295 g/mol. The van der Waals surface area contributed by atoms with Crippen molar-refractivity contribution in [1.82, 2.24) is 0 Å². The molecular weight excluding hydrogens is 277 g/mol. The van der Waals surface area contributed by atoms with Crippen molar-refractivity contribution >= 4 is 17.5 Å². The summed E-state index contributed by atoms with van der Waals surface area (Å²) in [6.45, 7) is 0.